The second kappa shape index (κ2) is 6.93. The molecule has 0 fully saturated rings. The average molecular weight is 313 g/mol. The third kappa shape index (κ3) is 4.81. The van der Waals surface area contributed by atoms with Gasteiger partial charge in [0.1, 0.15) is 0 Å². The molecule has 0 saturated heterocycles. The maximum absolute atomic E-state index is 12.0. The zero-order valence-corrected chi connectivity index (χ0v) is 12.9. The minimum Gasteiger partial charge on any atom is -0.465 e. The van der Waals surface area contributed by atoms with Gasteiger partial charge in [0.25, 0.3) is 0 Å². The van der Waals surface area contributed by atoms with Crippen LogP contribution in [0.1, 0.15) is 39.2 Å². The summed E-state index contributed by atoms with van der Waals surface area (Å²) in [6, 6.07) is 8.05. The highest BCUT2D eigenvalue weighted by Gasteiger charge is 2.29. The minimum absolute atomic E-state index is 0.112. The first-order valence-electron chi connectivity index (χ1n) is 6.37. The predicted molar refractivity (Wildman–Crippen MR) is 77.5 cm³/mol. The summed E-state index contributed by atoms with van der Waals surface area (Å²) in [5.74, 6) is -0.112. The lowest BCUT2D eigenvalue weighted by Crippen LogP contribution is -2.29. The predicted octanol–water partition coefficient (Wildman–Crippen LogP) is 4.36. The van der Waals surface area contributed by atoms with Crippen LogP contribution in [0.4, 0.5) is 0 Å². The molecule has 0 aliphatic rings. The van der Waals surface area contributed by atoms with E-state index >= 15 is 0 Å². The Kier molecular flexibility index (Phi) is 5.86. The van der Waals surface area contributed by atoms with Crippen LogP contribution in [0.5, 0.6) is 0 Å². The van der Waals surface area contributed by atoms with Gasteiger partial charge in [-0.3, -0.25) is 4.79 Å². The van der Waals surface area contributed by atoms with Crippen molar-refractivity contribution in [2.75, 3.05) is 6.61 Å². The van der Waals surface area contributed by atoms with Crippen LogP contribution in [-0.4, -0.2) is 12.6 Å². The molecule has 0 N–H and O–H groups in total. The monoisotopic (exact) mass is 312 g/mol. The van der Waals surface area contributed by atoms with Gasteiger partial charge in [0.15, 0.2) is 0 Å². The molecule has 1 aromatic rings. The third-order valence-corrected chi connectivity index (χ3v) is 3.37. The van der Waals surface area contributed by atoms with E-state index in [1.807, 2.05) is 38.1 Å². The second-order valence-electron chi connectivity index (χ2n) is 5.18. The molecule has 0 spiro atoms. The fourth-order valence-corrected chi connectivity index (χ4v) is 1.95. The summed E-state index contributed by atoms with van der Waals surface area (Å²) in [6.45, 7) is 6.48. The molecular weight excluding hydrogens is 292 g/mol. The molecular formula is C15H21BrO2. The highest BCUT2D eigenvalue weighted by molar-refractivity contribution is 9.10. The van der Waals surface area contributed by atoms with E-state index in [1.54, 1.807) is 0 Å². The van der Waals surface area contributed by atoms with E-state index in [0.717, 1.165) is 22.9 Å². The van der Waals surface area contributed by atoms with E-state index in [9.17, 15) is 4.79 Å². The van der Waals surface area contributed by atoms with Crippen molar-refractivity contribution in [3.05, 3.63) is 34.3 Å². The van der Waals surface area contributed by atoms with Crippen molar-refractivity contribution in [2.45, 2.75) is 40.0 Å². The van der Waals surface area contributed by atoms with Crippen LogP contribution in [0.2, 0.25) is 0 Å². The van der Waals surface area contributed by atoms with E-state index in [-0.39, 0.29) is 5.97 Å². The number of ether oxygens (including phenoxy) is 1. The first-order chi connectivity index (χ1) is 8.45. The van der Waals surface area contributed by atoms with Crippen molar-refractivity contribution in [3.8, 4) is 0 Å². The highest BCUT2D eigenvalue weighted by atomic mass is 79.9. The molecule has 0 aliphatic carbocycles. The van der Waals surface area contributed by atoms with Gasteiger partial charge >= 0.3 is 5.97 Å². The number of carbonyl (C=O) groups is 1. The molecule has 0 amide bonds. The molecule has 0 atom stereocenters. The Labute approximate surface area is 118 Å². The lowest BCUT2D eigenvalue weighted by molar-refractivity contribution is -0.154. The zero-order valence-electron chi connectivity index (χ0n) is 11.3. The number of hydrogen-bond acceptors (Lipinski definition) is 2. The lowest BCUT2D eigenvalue weighted by Gasteiger charge is -2.22. The topological polar surface area (TPSA) is 26.3 Å². The van der Waals surface area contributed by atoms with Gasteiger partial charge in [0.05, 0.1) is 12.0 Å². The number of carbonyl (C=O) groups excluding carboxylic acids is 1. The van der Waals surface area contributed by atoms with Crippen molar-refractivity contribution in [1.82, 2.24) is 0 Å². The Morgan fingerprint density at radius 2 is 1.89 bits per heavy atom. The van der Waals surface area contributed by atoms with Crippen molar-refractivity contribution < 1.29 is 9.53 Å². The lowest BCUT2D eigenvalue weighted by atomic mass is 9.86. The SMILES string of the molecule is CCCCOC(=O)C(C)(C)Cc1ccc(Br)cc1. The largest absolute Gasteiger partial charge is 0.465 e. The normalized spacial score (nSPS) is 11.3. The summed E-state index contributed by atoms with van der Waals surface area (Å²) in [7, 11) is 0. The number of rotatable bonds is 6. The van der Waals surface area contributed by atoms with Crippen LogP contribution in [0.25, 0.3) is 0 Å². The summed E-state index contributed by atoms with van der Waals surface area (Å²) < 4.78 is 6.35. The molecule has 100 valence electrons. The van der Waals surface area contributed by atoms with Gasteiger partial charge in [-0.15, -0.1) is 0 Å². The molecule has 0 heterocycles. The molecule has 0 radical (unpaired) electrons. The molecule has 1 rings (SSSR count). The van der Waals surface area contributed by atoms with Crippen LogP contribution in [0.3, 0.4) is 0 Å². The van der Waals surface area contributed by atoms with E-state index in [2.05, 4.69) is 22.9 Å². The molecule has 0 aromatic heterocycles. The summed E-state index contributed by atoms with van der Waals surface area (Å²) >= 11 is 3.40. The van der Waals surface area contributed by atoms with Gasteiger partial charge in [-0.25, -0.2) is 0 Å². The molecule has 0 bridgehead atoms. The van der Waals surface area contributed by atoms with Gasteiger partial charge in [-0.05, 0) is 44.4 Å². The number of halogens is 1. The van der Waals surface area contributed by atoms with Gasteiger partial charge in [-0.1, -0.05) is 41.4 Å². The Hall–Kier alpha value is -0.830. The van der Waals surface area contributed by atoms with Crippen LogP contribution in [0, 0.1) is 5.41 Å². The van der Waals surface area contributed by atoms with Crippen molar-refractivity contribution in [3.63, 3.8) is 0 Å². The summed E-state index contributed by atoms with van der Waals surface area (Å²) in [5.41, 5.74) is 0.678. The molecule has 0 saturated carbocycles. The molecule has 18 heavy (non-hydrogen) atoms. The quantitative estimate of drug-likeness (QED) is 0.576. The van der Waals surface area contributed by atoms with Crippen LogP contribution in [-0.2, 0) is 16.0 Å². The Balaban J connectivity index is 2.57. The fraction of sp³-hybridized carbons (Fsp3) is 0.533. The Bertz CT molecular complexity index is 382. The fourth-order valence-electron chi connectivity index (χ4n) is 1.69. The number of hydrogen-bond donors (Lipinski definition) is 0. The minimum atomic E-state index is -0.471. The first kappa shape index (κ1) is 15.2. The summed E-state index contributed by atoms with van der Waals surface area (Å²) in [4.78, 5) is 12.0. The number of esters is 1. The van der Waals surface area contributed by atoms with Gasteiger partial charge in [-0.2, -0.15) is 0 Å². The van der Waals surface area contributed by atoms with Gasteiger partial charge < -0.3 is 4.74 Å². The maximum Gasteiger partial charge on any atom is 0.311 e. The zero-order chi connectivity index (χ0) is 13.6. The van der Waals surface area contributed by atoms with Crippen LogP contribution >= 0.6 is 15.9 Å². The summed E-state index contributed by atoms with van der Waals surface area (Å²) in [5, 5.41) is 0. The standard InChI is InChI=1S/C15H21BrO2/c1-4-5-10-18-14(17)15(2,3)11-12-6-8-13(16)9-7-12/h6-9H,4-5,10-11H2,1-3H3. The number of benzene rings is 1. The van der Waals surface area contributed by atoms with E-state index < -0.39 is 5.41 Å². The van der Waals surface area contributed by atoms with Crippen molar-refractivity contribution in [2.24, 2.45) is 5.41 Å². The molecule has 3 heteroatoms. The Morgan fingerprint density at radius 1 is 1.28 bits per heavy atom. The van der Waals surface area contributed by atoms with Crippen molar-refractivity contribution >= 4 is 21.9 Å². The summed E-state index contributed by atoms with van der Waals surface area (Å²) in [6.07, 6.45) is 2.67. The van der Waals surface area contributed by atoms with Gasteiger partial charge in [0, 0.05) is 4.47 Å². The molecule has 0 aliphatic heterocycles. The maximum atomic E-state index is 12.0. The van der Waals surface area contributed by atoms with Crippen LogP contribution in [0.15, 0.2) is 28.7 Å². The second-order valence-corrected chi connectivity index (χ2v) is 6.09. The van der Waals surface area contributed by atoms with Crippen molar-refractivity contribution in [1.29, 1.82) is 0 Å². The first-order valence-corrected chi connectivity index (χ1v) is 7.16. The highest BCUT2D eigenvalue weighted by Crippen LogP contribution is 2.24. The Morgan fingerprint density at radius 3 is 2.44 bits per heavy atom. The molecule has 0 unspecified atom stereocenters. The van der Waals surface area contributed by atoms with Crippen LogP contribution < -0.4 is 0 Å². The van der Waals surface area contributed by atoms with Gasteiger partial charge in [0.2, 0.25) is 0 Å². The number of unbranched alkanes of at least 4 members (excludes halogenated alkanes) is 1. The van der Waals surface area contributed by atoms with E-state index in [0.29, 0.717) is 13.0 Å². The van der Waals surface area contributed by atoms with E-state index in [4.69, 9.17) is 4.74 Å². The molecule has 1 aromatic carbocycles. The van der Waals surface area contributed by atoms with E-state index in [1.165, 1.54) is 0 Å². The smallest absolute Gasteiger partial charge is 0.311 e. The molecule has 2 nitrogen and oxygen atoms in total. The average Bonchev–Trinajstić information content (AvgIpc) is 2.32. The third-order valence-electron chi connectivity index (χ3n) is 2.84.